The Balaban J connectivity index is 2.32. The quantitative estimate of drug-likeness (QED) is 0.799. The molecule has 2 unspecified atom stereocenters. The molecule has 2 atom stereocenters. The van der Waals surface area contributed by atoms with Crippen molar-refractivity contribution in [1.82, 2.24) is 0 Å². The molecule has 1 aromatic rings. The van der Waals surface area contributed by atoms with Gasteiger partial charge in [0.2, 0.25) is 0 Å². The van der Waals surface area contributed by atoms with Crippen LogP contribution in [0.2, 0.25) is 0 Å². The largest absolute Gasteiger partial charge is 0.466 e. The Hall–Kier alpha value is -2.10. The van der Waals surface area contributed by atoms with Crippen molar-refractivity contribution in [3.63, 3.8) is 0 Å². The molecule has 1 aliphatic rings. The van der Waals surface area contributed by atoms with E-state index in [9.17, 15) is 9.59 Å². The predicted octanol–water partition coefficient (Wildman–Crippen LogP) is 2.97. The minimum absolute atomic E-state index is 0.311. The van der Waals surface area contributed by atoms with Crippen molar-refractivity contribution >= 4 is 17.5 Å². The van der Waals surface area contributed by atoms with Gasteiger partial charge >= 0.3 is 11.9 Å². The van der Waals surface area contributed by atoms with E-state index in [1.54, 1.807) is 6.92 Å². The number of rotatable bonds is 4. The summed E-state index contributed by atoms with van der Waals surface area (Å²) in [6.07, 6.45) is 0.00357. The average molecular weight is 288 g/mol. The van der Waals surface area contributed by atoms with Gasteiger partial charge in [-0.3, -0.25) is 9.59 Å². The number of hydrogen-bond donors (Lipinski definition) is 0. The highest BCUT2D eigenvalue weighted by molar-refractivity contribution is 5.83. The lowest BCUT2D eigenvalue weighted by Gasteiger charge is -2.19. The summed E-state index contributed by atoms with van der Waals surface area (Å²) in [5.74, 6) is -1.15. The molecule has 0 N–H and O–H groups in total. The summed E-state index contributed by atoms with van der Waals surface area (Å²) in [6.45, 7) is 5.36. The van der Waals surface area contributed by atoms with Crippen molar-refractivity contribution in [3.05, 3.63) is 41.5 Å². The predicted molar refractivity (Wildman–Crippen MR) is 79.3 cm³/mol. The van der Waals surface area contributed by atoms with Gasteiger partial charge in [-0.05, 0) is 37.0 Å². The molecular formula is C17H20O4. The van der Waals surface area contributed by atoms with Crippen LogP contribution in [0.25, 0.3) is 5.57 Å². The van der Waals surface area contributed by atoms with Crippen LogP contribution >= 0.6 is 0 Å². The maximum atomic E-state index is 12.1. The summed E-state index contributed by atoms with van der Waals surface area (Å²) >= 11 is 0. The first-order valence-corrected chi connectivity index (χ1v) is 7.13. The number of carbonyl (C=O) groups excluding carboxylic acids is 2. The van der Waals surface area contributed by atoms with E-state index in [0.29, 0.717) is 13.0 Å². The zero-order valence-corrected chi connectivity index (χ0v) is 12.6. The second-order valence-electron chi connectivity index (χ2n) is 5.12. The Bertz CT molecular complexity index is 559. The zero-order valence-electron chi connectivity index (χ0n) is 12.6. The maximum absolute atomic E-state index is 12.1. The molecule has 0 aliphatic heterocycles. The molecule has 0 aromatic heterocycles. The van der Waals surface area contributed by atoms with E-state index in [2.05, 4.69) is 0 Å². The van der Waals surface area contributed by atoms with Gasteiger partial charge < -0.3 is 9.47 Å². The Morgan fingerprint density at radius 3 is 2.48 bits per heavy atom. The first-order chi connectivity index (χ1) is 10.0. The van der Waals surface area contributed by atoms with Crippen molar-refractivity contribution in [3.8, 4) is 0 Å². The molecule has 21 heavy (non-hydrogen) atoms. The molecule has 112 valence electrons. The Kier molecular flexibility index (Phi) is 4.78. The molecule has 0 heterocycles. The minimum atomic E-state index is -0.531. The molecule has 0 saturated heterocycles. The van der Waals surface area contributed by atoms with Crippen LogP contribution in [-0.4, -0.2) is 24.6 Å². The molecule has 0 radical (unpaired) electrons. The third-order valence-corrected chi connectivity index (χ3v) is 3.70. The molecule has 4 nitrogen and oxygen atoms in total. The number of ether oxygens (including phenoxy) is 2. The monoisotopic (exact) mass is 288 g/mol. The fourth-order valence-corrected chi connectivity index (χ4v) is 2.75. The van der Waals surface area contributed by atoms with Crippen molar-refractivity contribution < 1.29 is 19.1 Å². The van der Waals surface area contributed by atoms with Gasteiger partial charge in [0.05, 0.1) is 6.61 Å². The lowest BCUT2D eigenvalue weighted by Crippen LogP contribution is -2.30. The van der Waals surface area contributed by atoms with Gasteiger partial charge in [-0.15, -0.1) is 0 Å². The van der Waals surface area contributed by atoms with E-state index in [0.717, 1.165) is 16.7 Å². The highest BCUT2D eigenvalue weighted by atomic mass is 16.6. The van der Waals surface area contributed by atoms with Gasteiger partial charge in [-0.25, -0.2) is 0 Å². The van der Waals surface area contributed by atoms with E-state index in [-0.39, 0.29) is 11.9 Å². The summed E-state index contributed by atoms with van der Waals surface area (Å²) in [5, 5.41) is 0. The first kappa shape index (κ1) is 15.3. The summed E-state index contributed by atoms with van der Waals surface area (Å²) in [6, 6.07) is 9.84. The van der Waals surface area contributed by atoms with E-state index in [1.165, 1.54) is 6.92 Å². The molecule has 0 saturated carbocycles. The summed E-state index contributed by atoms with van der Waals surface area (Å²) in [5.41, 5.74) is 3.04. The molecule has 0 spiro atoms. The second-order valence-corrected chi connectivity index (χ2v) is 5.12. The molecule has 2 rings (SSSR count). The van der Waals surface area contributed by atoms with Crippen LogP contribution in [0, 0.1) is 5.92 Å². The zero-order chi connectivity index (χ0) is 15.4. The average Bonchev–Trinajstić information content (AvgIpc) is 2.77. The lowest BCUT2D eigenvalue weighted by molar-refractivity contribution is -0.157. The molecule has 1 aliphatic carbocycles. The summed E-state index contributed by atoms with van der Waals surface area (Å²) in [4.78, 5) is 23.4. The van der Waals surface area contributed by atoms with Gasteiger partial charge in [0.25, 0.3) is 0 Å². The van der Waals surface area contributed by atoms with Crippen molar-refractivity contribution in [2.45, 2.75) is 33.3 Å². The van der Waals surface area contributed by atoms with Crippen molar-refractivity contribution in [2.24, 2.45) is 5.92 Å². The Morgan fingerprint density at radius 1 is 1.24 bits per heavy atom. The topological polar surface area (TPSA) is 52.6 Å². The summed E-state index contributed by atoms with van der Waals surface area (Å²) < 4.78 is 10.5. The van der Waals surface area contributed by atoms with Crippen LogP contribution < -0.4 is 0 Å². The van der Waals surface area contributed by atoms with E-state index < -0.39 is 12.0 Å². The minimum Gasteiger partial charge on any atom is -0.466 e. The van der Waals surface area contributed by atoms with Gasteiger partial charge in [0.1, 0.15) is 12.0 Å². The molecule has 0 bridgehead atoms. The first-order valence-electron chi connectivity index (χ1n) is 7.13. The number of hydrogen-bond acceptors (Lipinski definition) is 4. The van der Waals surface area contributed by atoms with Crippen LogP contribution in [0.4, 0.5) is 0 Å². The normalized spacial score (nSPS) is 21.3. The van der Waals surface area contributed by atoms with Crippen LogP contribution in [-0.2, 0) is 19.1 Å². The van der Waals surface area contributed by atoms with E-state index in [1.807, 2.05) is 37.3 Å². The van der Waals surface area contributed by atoms with Crippen LogP contribution in [0.5, 0.6) is 0 Å². The van der Waals surface area contributed by atoms with Crippen LogP contribution in [0.15, 0.2) is 35.9 Å². The van der Waals surface area contributed by atoms with Crippen molar-refractivity contribution in [2.75, 3.05) is 6.61 Å². The molecular weight excluding hydrogens is 268 g/mol. The third kappa shape index (κ3) is 3.32. The molecule has 0 fully saturated rings. The van der Waals surface area contributed by atoms with Gasteiger partial charge in [0, 0.05) is 6.92 Å². The highest BCUT2D eigenvalue weighted by Gasteiger charge is 2.40. The van der Waals surface area contributed by atoms with Gasteiger partial charge in [-0.1, -0.05) is 30.3 Å². The second kappa shape index (κ2) is 6.57. The van der Waals surface area contributed by atoms with E-state index in [4.69, 9.17) is 9.47 Å². The Labute approximate surface area is 124 Å². The standard InChI is InChI=1S/C17H20O4/c1-4-20-17(19)15-10-14(13-8-6-5-7-9-13)11(2)16(15)21-12(3)18/h5-9,15-16H,4,10H2,1-3H3. The van der Waals surface area contributed by atoms with Crippen LogP contribution in [0.1, 0.15) is 32.8 Å². The maximum Gasteiger partial charge on any atom is 0.313 e. The number of benzene rings is 1. The molecule has 0 amide bonds. The molecule has 4 heteroatoms. The lowest BCUT2D eigenvalue weighted by atomic mass is 10.0. The van der Waals surface area contributed by atoms with Gasteiger partial charge in [0.15, 0.2) is 0 Å². The Morgan fingerprint density at radius 2 is 1.90 bits per heavy atom. The van der Waals surface area contributed by atoms with Crippen LogP contribution in [0.3, 0.4) is 0 Å². The van der Waals surface area contributed by atoms with E-state index >= 15 is 0 Å². The third-order valence-electron chi connectivity index (χ3n) is 3.70. The summed E-state index contributed by atoms with van der Waals surface area (Å²) in [7, 11) is 0. The SMILES string of the molecule is CCOC(=O)C1CC(c2ccccc2)=C(C)C1OC(C)=O. The van der Waals surface area contributed by atoms with Crippen molar-refractivity contribution in [1.29, 1.82) is 0 Å². The smallest absolute Gasteiger partial charge is 0.313 e. The number of esters is 2. The van der Waals surface area contributed by atoms with Gasteiger partial charge in [-0.2, -0.15) is 0 Å². The number of allylic oxidation sites excluding steroid dienone is 1. The number of carbonyl (C=O) groups is 2. The fourth-order valence-electron chi connectivity index (χ4n) is 2.75. The molecule has 1 aromatic carbocycles. The highest BCUT2D eigenvalue weighted by Crippen LogP contribution is 2.40. The fraction of sp³-hybridized carbons (Fsp3) is 0.412.